The largest absolute Gasteiger partial charge is 0.493 e. The Bertz CT molecular complexity index is 454. The van der Waals surface area contributed by atoms with Crippen LogP contribution in [0, 0.1) is 5.92 Å². The van der Waals surface area contributed by atoms with E-state index in [4.69, 9.17) is 9.47 Å². The van der Waals surface area contributed by atoms with Crippen LogP contribution in [0.4, 0.5) is 0 Å². The lowest BCUT2D eigenvalue weighted by Gasteiger charge is -2.31. The Morgan fingerprint density at radius 1 is 1.32 bits per heavy atom. The van der Waals surface area contributed by atoms with Crippen LogP contribution in [0.5, 0.6) is 11.5 Å². The first-order valence-corrected chi connectivity index (χ1v) is 7.84. The molecule has 0 aliphatic carbocycles. The minimum absolute atomic E-state index is 0. The Balaban J connectivity index is 0.00000242. The van der Waals surface area contributed by atoms with E-state index in [1.54, 1.807) is 7.11 Å². The summed E-state index contributed by atoms with van der Waals surface area (Å²) in [5, 5.41) is 3.47. The first-order valence-electron chi connectivity index (χ1n) is 7.84. The fraction of sp³-hybridized carbons (Fsp3) is 0.647. The third-order valence-corrected chi connectivity index (χ3v) is 3.66. The smallest absolute Gasteiger partial charge is 0.161 e. The van der Waals surface area contributed by atoms with Crippen molar-refractivity contribution in [2.75, 3.05) is 33.4 Å². The van der Waals surface area contributed by atoms with E-state index in [9.17, 15) is 0 Å². The molecule has 0 unspecified atom stereocenters. The summed E-state index contributed by atoms with van der Waals surface area (Å²) in [6.45, 7) is 11.5. The monoisotopic (exact) mass is 328 g/mol. The predicted octanol–water partition coefficient (Wildman–Crippen LogP) is 2.95. The van der Waals surface area contributed by atoms with Crippen LogP contribution in [0.1, 0.15) is 26.3 Å². The van der Waals surface area contributed by atoms with Crippen LogP contribution in [0.15, 0.2) is 18.2 Å². The summed E-state index contributed by atoms with van der Waals surface area (Å²) in [5.41, 5.74) is 1.28. The second kappa shape index (κ2) is 9.23. The lowest BCUT2D eigenvalue weighted by atomic mass is 10.1. The molecule has 5 heteroatoms. The number of benzene rings is 1. The third-order valence-electron chi connectivity index (χ3n) is 3.66. The first kappa shape index (κ1) is 19.1. The number of hydrogen-bond donors (Lipinski definition) is 1. The van der Waals surface area contributed by atoms with Crippen LogP contribution in [-0.2, 0) is 6.54 Å². The van der Waals surface area contributed by atoms with Gasteiger partial charge >= 0.3 is 0 Å². The standard InChI is InChI=1S/C17H28N2O2.ClH/c1-13(2)12-21-17-9-15(5-6-16(17)20-4)11-19-8-7-18-14(3)10-19;/h5-6,9,13-14,18H,7-8,10-12H2,1-4H3;1H/t14-;/m1./s1. The quantitative estimate of drug-likeness (QED) is 0.870. The molecule has 0 spiro atoms. The van der Waals surface area contributed by atoms with Crippen LogP contribution in [0.3, 0.4) is 0 Å². The van der Waals surface area contributed by atoms with Gasteiger partial charge in [-0.2, -0.15) is 0 Å². The molecule has 0 aromatic heterocycles. The highest BCUT2D eigenvalue weighted by atomic mass is 35.5. The van der Waals surface area contributed by atoms with Crippen molar-refractivity contribution >= 4 is 12.4 Å². The van der Waals surface area contributed by atoms with Gasteiger partial charge in [-0.1, -0.05) is 19.9 Å². The normalized spacial score (nSPS) is 18.9. The molecule has 22 heavy (non-hydrogen) atoms. The molecule has 1 aliphatic rings. The maximum Gasteiger partial charge on any atom is 0.161 e. The summed E-state index contributed by atoms with van der Waals surface area (Å²) >= 11 is 0. The van der Waals surface area contributed by atoms with Crippen LogP contribution >= 0.6 is 12.4 Å². The molecule has 1 N–H and O–H groups in total. The maximum atomic E-state index is 5.88. The molecule has 1 fully saturated rings. The van der Waals surface area contributed by atoms with E-state index in [1.807, 2.05) is 6.07 Å². The average Bonchev–Trinajstić information content (AvgIpc) is 2.45. The highest BCUT2D eigenvalue weighted by Gasteiger charge is 2.16. The predicted molar refractivity (Wildman–Crippen MR) is 93.3 cm³/mol. The molecular formula is C17H29ClN2O2. The van der Waals surface area contributed by atoms with Crippen molar-refractivity contribution in [3.05, 3.63) is 23.8 Å². The summed E-state index contributed by atoms with van der Waals surface area (Å²) in [6, 6.07) is 6.83. The van der Waals surface area contributed by atoms with Crippen molar-refractivity contribution in [3.63, 3.8) is 0 Å². The van der Waals surface area contributed by atoms with Crippen LogP contribution in [-0.4, -0.2) is 44.3 Å². The van der Waals surface area contributed by atoms with Gasteiger partial charge in [-0.05, 0) is 30.5 Å². The van der Waals surface area contributed by atoms with Crippen LogP contribution < -0.4 is 14.8 Å². The molecule has 0 amide bonds. The molecule has 0 bridgehead atoms. The molecule has 1 aromatic rings. The van der Waals surface area contributed by atoms with Crippen LogP contribution in [0.2, 0.25) is 0 Å². The van der Waals surface area contributed by atoms with Crippen molar-refractivity contribution < 1.29 is 9.47 Å². The Hall–Kier alpha value is -0.970. The fourth-order valence-corrected chi connectivity index (χ4v) is 2.60. The summed E-state index contributed by atoms with van der Waals surface area (Å²) in [7, 11) is 1.69. The molecule has 126 valence electrons. The van der Waals surface area contributed by atoms with E-state index in [-0.39, 0.29) is 12.4 Å². The molecule has 0 radical (unpaired) electrons. The summed E-state index contributed by atoms with van der Waals surface area (Å²) < 4.78 is 11.3. The number of hydrogen-bond acceptors (Lipinski definition) is 4. The van der Waals surface area contributed by atoms with E-state index < -0.39 is 0 Å². The van der Waals surface area contributed by atoms with Crippen molar-refractivity contribution in [1.82, 2.24) is 10.2 Å². The first-order chi connectivity index (χ1) is 10.1. The van der Waals surface area contributed by atoms with E-state index in [0.29, 0.717) is 18.6 Å². The highest BCUT2D eigenvalue weighted by Crippen LogP contribution is 2.29. The minimum Gasteiger partial charge on any atom is -0.493 e. The Kier molecular flexibility index (Phi) is 8.01. The molecule has 2 rings (SSSR count). The number of rotatable bonds is 6. The van der Waals surface area contributed by atoms with Gasteiger partial charge in [-0.25, -0.2) is 0 Å². The van der Waals surface area contributed by atoms with E-state index in [2.05, 4.69) is 43.1 Å². The number of nitrogens with one attached hydrogen (secondary N) is 1. The maximum absolute atomic E-state index is 5.88. The van der Waals surface area contributed by atoms with Gasteiger partial charge in [-0.3, -0.25) is 4.90 Å². The van der Waals surface area contributed by atoms with Gasteiger partial charge in [-0.15, -0.1) is 12.4 Å². The number of nitrogens with zero attached hydrogens (tertiary/aromatic N) is 1. The van der Waals surface area contributed by atoms with Crippen molar-refractivity contribution in [3.8, 4) is 11.5 Å². The molecule has 1 aliphatic heterocycles. The summed E-state index contributed by atoms with van der Waals surface area (Å²) in [6.07, 6.45) is 0. The number of methoxy groups -OCH3 is 1. The molecule has 1 atom stereocenters. The van der Waals surface area contributed by atoms with Crippen molar-refractivity contribution in [1.29, 1.82) is 0 Å². The van der Waals surface area contributed by atoms with E-state index in [0.717, 1.165) is 37.7 Å². The molecule has 1 aromatic carbocycles. The lowest BCUT2D eigenvalue weighted by molar-refractivity contribution is 0.199. The molecule has 1 saturated heterocycles. The zero-order valence-electron chi connectivity index (χ0n) is 14.1. The van der Waals surface area contributed by atoms with Crippen molar-refractivity contribution in [2.24, 2.45) is 5.92 Å². The molecular weight excluding hydrogens is 300 g/mol. The van der Waals surface area contributed by atoms with Gasteiger partial charge in [0, 0.05) is 32.2 Å². The number of ether oxygens (including phenoxy) is 2. The van der Waals surface area contributed by atoms with Gasteiger partial charge in [0.1, 0.15) is 0 Å². The van der Waals surface area contributed by atoms with Gasteiger partial charge in [0.2, 0.25) is 0 Å². The average molecular weight is 329 g/mol. The third kappa shape index (κ3) is 5.67. The minimum atomic E-state index is 0. The lowest BCUT2D eigenvalue weighted by Crippen LogP contribution is -2.48. The van der Waals surface area contributed by atoms with Gasteiger partial charge in [0.25, 0.3) is 0 Å². The Morgan fingerprint density at radius 2 is 2.09 bits per heavy atom. The topological polar surface area (TPSA) is 33.7 Å². The number of halogens is 1. The highest BCUT2D eigenvalue weighted by molar-refractivity contribution is 5.85. The second-order valence-electron chi connectivity index (χ2n) is 6.28. The van der Waals surface area contributed by atoms with Gasteiger partial charge in [0.05, 0.1) is 13.7 Å². The summed E-state index contributed by atoms with van der Waals surface area (Å²) in [5.74, 6) is 2.17. The van der Waals surface area contributed by atoms with Gasteiger partial charge in [0.15, 0.2) is 11.5 Å². The molecule has 4 nitrogen and oxygen atoms in total. The molecule has 0 saturated carbocycles. The van der Waals surface area contributed by atoms with Gasteiger partial charge < -0.3 is 14.8 Å². The summed E-state index contributed by atoms with van der Waals surface area (Å²) in [4.78, 5) is 2.48. The van der Waals surface area contributed by atoms with E-state index in [1.165, 1.54) is 5.56 Å². The Morgan fingerprint density at radius 3 is 2.73 bits per heavy atom. The van der Waals surface area contributed by atoms with Crippen LogP contribution in [0.25, 0.3) is 0 Å². The second-order valence-corrected chi connectivity index (χ2v) is 6.28. The van der Waals surface area contributed by atoms with E-state index >= 15 is 0 Å². The zero-order valence-corrected chi connectivity index (χ0v) is 14.9. The fourth-order valence-electron chi connectivity index (χ4n) is 2.60. The zero-order chi connectivity index (χ0) is 15.2. The Labute approximate surface area is 140 Å². The SMILES string of the molecule is COc1ccc(CN2CCN[C@H](C)C2)cc1OCC(C)C.Cl. The molecule has 1 heterocycles. The van der Waals surface area contributed by atoms with Crippen molar-refractivity contribution in [2.45, 2.75) is 33.4 Å². The number of piperazine rings is 1.